The predicted octanol–water partition coefficient (Wildman–Crippen LogP) is 3.52. The fourth-order valence-electron chi connectivity index (χ4n) is 2.93. The highest BCUT2D eigenvalue weighted by Gasteiger charge is 2.23. The third kappa shape index (κ3) is 4.66. The number of thioether (sulfide) groups is 1. The number of benzene rings is 1. The summed E-state index contributed by atoms with van der Waals surface area (Å²) < 4.78 is 14.9. The second kappa shape index (κ2) is 8.24. The molecule has 1 aromatic heterocycles. The van der Waals surface area contributed by atoms with Crippen molar-refractivity contribution in [3.63, 3.8) is 0 Å². The van der Waals surface area contributed by atoms with E-state index in [2.05, 4.69) is 15.3 Å². The Hall–Kier alpha value is -2.22. The van der Waals surface area contributed by atoms with Crippen molar-refractivity contribution in [2.24, 2.45) is 5.10 Å². The highest BCUT2D eigenvalue weighted by Crippen LogP contribution is 2.33. The van der Waals surface area contributed by atoms with Gasteiger partial charge in [-0.3, -0.25) is 4.79 Å². The molecule has 0 bridgehead atoms. The van der Waals surface area contributed by atoms with Crippen molar-refractivity contribution in [1.82, 2.24) is 14.9 Å². The number of aliphatic carboxylic acids is 1. The highest BCUT2D eigenvalue weighted by atomic mass is 32.2. The summed E-state index contributed by atoms with van der Waals surface area (Å²) in [7, 11) is 0. The van der Waals surface area contributed by atoms with Gasteiger partial charge in [-0.2, -0.15) is 9.78 Å². The number of halogens is 1. The third-order valence-corrected chi connectivity index (χ3v) is 5.01. The number of rotatable bonds is 6. The average Bonchev–Trinajstić information content (AvgIpc) is 3.02. The molecule has 1 aromatic carbocycles. The Bertz CT molecular complexity index is 772. The summed E-state index contributed by atoms with van der Waals surface area (Å²) in [5.74, 6) is -0.350. The summed E-state index contributed by atoms with van der Waals surface area (Å²) in [6.07, 6.45) is 7.10. The molecule has 1 N–H and O–H groups in total. The lowest BCUT2D eigenvalue weighted by atomic mass is 9.89. The smallest absolute Gasteiger partial charge is 0.313 e. The van der Waals surface area contributed by atoms with E-state index in [1.165, 1.54) is 18.6 Å². The minimum Gasteiger partial charge on any atom is -0.481 e. The van der Waals surface area contributed by atoms with Crippen molar-refractivity contribution in [1.29, 1.82) is 0 Å². The van der Waals surface area contributed by atoms with Gasteiger partial charge in [-0.15, -0.1) is 10.2 Å². The molecular weight excluding hydrogens is 343 g/mol. The first-order valence-electron chi connectivity index (χ1n) is 8.23. The summed E-state index contributed by atoms with van der Waals surface area (Å²) in [6, 6.07) is 6.13. The summed E-state index contributed by atoms with van der Waals surface area (Å²) in [6.45, 7) is 0. The molecule has 0 atom stereocenters. The van der Waals surface area contributed by atoms with Crippen LogP contribution in [0.3, 0.4) is 0 Å². The van der Waals surface area contributed by atoms with Crippen molar-refractivity contribution in [3.05, 3.63) is 41.5 Å². The first-order valence-corrected chi connectivity index (χ1v) is 9.22. The maximum atomic E-state index is 13.3. The SMILES string of the molecule is O=C(O)CSc1nnc(C2CCCCC2)n1N=Cc1cccc(F)c1. The maximum absolute atomic E-state index is 13.3. The second-order valence-electron chi connectivity index (χ2n) is 5.97. The van der Waals surface area contributed by atoms with E-state index in [0.29, 0.717) is 10.7 Å². The van der Waals surface area contributed by atoms with Crippen LogP contribution in [-0.4, -0.2) is 37.9 Å². The normalized spacial score (nSPS) is 15.7. The van der Waals surface area contributed by atoms with E-state index in [9.17, 15) is 9.18 Å². The molecule has 0 aliphatic heterocycles. The van der Waals surface area contributed by atoms with Crippen molar-refractivity contribution in [2.75, 3.05) is 5.75 Å². The number of carbonyl (C=O) groups is 1. The van der Waals surface area contributed by atoms with Crippen LogP contribution >= 0.6 is 11.8 Å². The van der Waals surface area contributed by atoms with Gasteiger partial charge in [-0.25, -0.2) is 4.39 Å². The van der Waals surface area contributed by atoms with Crippen molar-refractivity contribution in [3.8, 4) is 0 Å². The summed E-state index contributed by atoms with van der Waals surface area (Å²) >= 11 is 1.08. The molecule has 25 heavy (non-hydrogen) atoms. The Morgan fingerprint density at radius 1 is 1.36 bits per heavy atom. The van der Waals surface area contributed by atoms with Crippen LogP contribution in [0.4, 0.5) is 4.39 Å². The maximum Gasteiger partial charge on any atom is 0.313 e. The van der Waals surface area contributed by atoms with Gasteiger partial charge < -0.3 is 5.11 Å². The van der Waals surface area contributed by atoms with Gasteiger partial charge in [0.1, 0.15) is 5.82 Å². The van der Waals surface area contributed by atoms with Crippen LogP contribution in [0.2, 0.25) is 0 Å². The molecule has 0 amide bonds. The Labute approximate surface area is 149 Å². The van der Waals surface area contributed by atoms with Crippen LogP contribution in [0.5, 0.6) is 0 Å². The largest absolute Gasteiger partial charge is 0.481 e. The Balaban J connectivity index is 1.89. The molecule has 1 heterocycles. The first kappa shape index (κ1) is 17.6. The van der Waals surface area contributed by atoms with E-state index in [1.54, 1.807) is 23.0 Å². The zero-order chi connectivity index (χ0) is 17.6. The zero-order valence-corrected chi connectivity index (χ0v) is 14.5. The van der Waals surface area contributed by atoms with Gasteiger partial charge in [0.15, 0.2) is 5.82 Å². The van der Waals surface area contributed by atoms with E-state index in [0.717, 1.165) is 43.3 Å². The number of carboxylic acid groups (broad SMARTS) is 1. The summed E-state index contributed by atoms with van der Waals surface area (Å²) in [5.41, 5.74) is 0.623. The molecule has 0 spiro atoms. The summed E-state index contributed by atoms with van der Waals surface area (Å²) in [4.78, 5) is 10.9. The first-order chi connectivity index (χ1) is 12.1. The van der Waals surface area contributed by atoms with E-state index < -0.39 is 5.97 Å². The second-order valence-corrected chi connectivity index (χ2v) is 6.91. The fourth-order valence-corrected chi connectivity index (χ4v) is 3.54. The average molecular weight is 362 g/mol. The number of hydrogen-bond donors (Lipinski definition) is 1. The van der Waals surface area contributed by atoms with Crippen LogP contribution < -0.4 is 0 Å². The minimum absolute atomic E-state index is 0.113. The lowest BCUT2D eigenvalue weighted by Gasteiger charge is -2.20. The van der Waals surface area contributed by atoms with Gasteiger partial charge in [-0.1, -0.05) is 43.2 Å². The van der Waals surface area contributed by atoms with E-state index in [4.69, 9.17) is 5.11 Å². The van der Waals surface area contributed by atoms with Crippen molar-refractivity contribution < 1.29 is 14.3 Å². The molecule has 0 saturated heterocycles. The predicted molar refractivity (Wildman–Crippen MR) is 93.6 cm³/mol. The van der Waals surface area contributed by atoms with E-state index in [1.807, 2.05) is 0 Å². The van der Waals surface area contributed by atoms with Gasteiger partial charge >= 0.3 is 5.97 Å². The molecule has 1 saturated carbocycles. The zero-order valence-electron chi connectivity index (χ0n) is 13.6. The molecule has 8 heteroatoms. The molecule has 0 radical (unpaired) electrons. The van der Waals surface area contributed by atoms with E-state index >= 15 is 0 Å². The van der Waals surface area contributed by atoms with Crippen LogP contribution in [0.1, 0.15) is 49.4 Å². The Kier molecular flexibility index (Phi) is 5.80. The Morgan fingerprint density at radius 2 is 2.16 bits per heavy atom. The number of carboxylic acids is 1. The number of hydrogen-bond acceptors (Lipinski definition) is 5. The third-order valence-electron chi connectivity index (χ3n) is 4.10. The van der Waals surface area contributed by atoms with Gasteiger partial charge in [0, 0.05) is 5.92 Å². The summed E-state index contributed by atoms with van der Waals surface area (Å²) in [5, 5.41) is 22.1. The van der Waals surface area contributed by atoms with Gasteiger partial charge in [-0.05, 0) is 30.5 Å². The molecule has 1 aliphatic carbocycles. The van der Waals surface area contributed by atoms with Gasteiger partial charge in [0.2, 0.25) is 5.16 Å². The van der Waals surface area contributed by atoms with E-state index in [-0.39, 0.29) is 17.5 Å². The lowest BCUT2D eigenvalue weighted by Crippen LogP contribution is -2.11. The molecule has 6 nitrogen and oxygen atoms in total. The molecule has 1 aliphatic rings. The molecule has 132 valence electrons. The quantitative estimate of drug-likeness (QED) is 0.628. The molecule has 2 aromatic rings. The Morgan fingerprint density at radius 3 is 2.88 bits per heavy atom. The minimum atomic E-state index is -0.923. The lowest BCUT2D eigenvalue weighted by molar-refractivity contribution is -0.133. The van der Waals surface area contributed by atoms with Crippen LogP contribution in [-0.2, 0) is 4.79 Å². The monoisotopic (exact) mass is 362 g/mol. The highest BCUT2D eigenvalue weighted by molar-refractivity contribution is 7.99. The molecule has 0 unspecified atom stereocenters. The van der Waals surface area contributed by atoms with Crippen LogP contribution in [0.25, 0.3) is 0 Å². The standard InChI is InChI=1S/C17H19FN4O2S/c18-14-8-4-5-12(9-14)10-19-22-16(13-6-2-1-3-7-13)20-21-17(22)25-11-15(23)24/h4-5,8-10,13H,1-3,6-7,11H2,(H,23,24). The number of nitrogens with zero attached hydrogens (tertiary/aromatic N) is 4. The van der Waals surface area contributed by atoms with Crippen LogP contribution in [0.15, 0.2) is 34.5 Å². The molecular formula is C17H19FN4O2S. The van der Waals surface area contributed by atoms with Crippen molar-refractivity contribution >= 4 is 23.9 Å². The number of aromatic nitrogens is 3. The molecule has 3 rings (SSSR count). The molecule has 1 fully saturated rings. The van der Waals surface area contributed by atoms with Crippen LogP contribution in [0, 0.1) is 5.82 Å². The fraction of sp³-hybridized carbons (Fsp3) is 0.412. The van der Waals surface area contributed by atoms with Gasteiger partial charge in [0.25, 0.3) is 0 Å². The topological polar surface area (TPSA) is 80.4 Å². The van der Waals surface area contributed by atoms with Gasteiger partial charge in [0.05, 0.1) is 12.0 Å². The van der Waals surface area contributed by atoms with Crippen molar-refractivity contribution in [2.45, 2.75) is 43.2 Å².